The summed E-state index contributed by atoms with van der Waals surface area (Å²) in [7, 11) is 1.46. The molecule has 0 amide bonds. The van der Waals surface area contributed by atoms with E-state index in [0.29, 0.717) is 22.4 Å². The van der Waals surface area contributed by atoms with Crippen molar-refractivity contribution in [3.05, 3.63) is 83.8 Å². The molecule has 2 aromatic heterocycles. The number of halogens is 3. The van der Waals surface area contributed by atoms with Crippen LogP contribution in [0.2, 0.25) is 0 Å². The van der Waals surface area contributed by atoms with E-state index in [-0.39, 0.29) is 5.69 Å². The van der Waals surface area contributed by atoms with Crippen LogP contribution in [0.1, 0.15) is 37.1 Å². The van der Waals surface area contributed by atoms with Gasteiger partial charge in [-0.05, 0) is 59.4 Å². The highest BCUT2D eigenvalue weighted by Crippen LogP contribution is 2.46. The second kappa shape index (κ2) is 9.32. The number of hydrogen-bond acceptors (Lipinski definition) is 4. The van der Waals surface area contributed by atoms with Crippen LogP contribution in [0.3, 0.4) is 0 Å². The summed E-state index contributed by atoms with van der Waals surface area (Å²) in [6.07, 6.45) is -3.03. The summed E-state index contributed by atoms with van der Waals surface area (Å²) in [6, 6.07) is 17.6. The average Bonchev–Trinajstić information content (AvgIpc) is 3.24. The normalized spacial score (nSPS) is 13.8. The fourth-order valence-corrected chi connectivity index (χ4v) is 4.72. The zero-order chi connectivity index (χ0) is 26.1. The molecule has 1 atom stereocenters. The van der Waals surface area contributed by atoms with E-state index in [4.69, 9.17) is 4.74 Å². The van der Waals surface area contributed by atoms with Crippen LogP contribution in [-0.4, -0.2) is 34.0 Å². The van der Waals surface area contributed by atoms with E-state index in [1.165, 1.54) is 13.3 Å². The van der Waals surface area contributed by atoms with E-state index >= 15 is 0 Å². The number of H-pyrrole nitrogens is 1. The molecule has 1 unspecified atom stereocenters. The number of nitriles is 1. The number of fused-ring (bicyclic) bond motifs is 1. The number of nitrogens with zero attached hydrogens (tertiary/aromatic N) is 2. The molecule has 0 saturated carbocycles. The van der Waals surface area contributed by atoms with E-state index in [9.17, 15) is 23.5 Å². The number of benzene rings is 2. The van der Waals surface area contributed by atoms with Crippen molar-refractivity contribution in [1.82, 2.24) is 9.97 Å². The summed E-state index contributed by atoms with van der Waals surface area (Å²) in [6.45, 7) is 3.32. The SMILES string of the molecule is COc1ccc(-c2cccc(C#N)c2)cc1C(C)(C)CC(O)(Cc1cc2ccncc2[nH]1)C(F)(F)F. The Morgan fingerprint density at radius 2 is 1.81 bits per heavy atom. The third-order valence-corrected chi connectivity index (χ3v) is 6.48. The van der Waals surface area contributed by atoms with Crippen LogP contribution >= 0.6 is 0 Å². The number of methoxy groups -OCH3 is 1. The molecule has 5 nitrogen and oxygen atoms in total. The van der Waals surface area contributed by atoms with Gasteiger partial charge in [0.05, 0.1) is 30.5 Å². The Balaban J connectivity index is 1.73. The minimum Gasteiger partial charge on any atom is -0.496 e. The zero-order valence-corrected chi connectivity index (χ0v) is 20.1. The Morgan fingerprint density at radius 1 is 1.06 bits per heavy atom. The maximum atomic E-state index is 14.4. The van der Waals surface area contributed by atoms with Gasteiger partial charge in [-0.3, -0.25) is 4.98 Å². The lowest BCUT2D eigenvalue weighted by Crippen LogP contribution is -2.51. The number of alkyl halides is 3. The Morgan fingerprint density at radius 3 is 2.47 bits per heavy atom. The Kier molecular flexibility index (Phi) is 6.54. The Hall–Kier alpha value is -3.83. The number of aliphatic hydroxyl groups is 1. The number of pyridine rings is 1. The van der Waals surface area contributed by atoms with E-state index in [1.807, 2.05) is 6.07 Å². The van der Waals surface area contributed by atoms with Gasteiger partial charge in [0.2, 0.25) is 0 Å². The molecule has 0 spiro atoms. The summed E-state index contributed by atoms with van der Waals surface area (Å²) < 4.78 is 48.6. The molecule has 0 fully saturated rings. The molecule has 2 heterocycles. The van der Waals surface area contributed by atoms with Gasteiger partial charge in [0.15, 0.2) is 5.60 Å². The Bertz CT molecular complexity index is 1400. The first-order valence-electron chi connectivity index (χ1n) is 11.4. The van der Waals surface area contributed by atoms with Crippen LogP contribution in [0, 0.1) is 11.3 Å². The number of aromatic nitrogens is 2. The molecule has 0 aliphatic carbocycles. The van der Waals surface area contributed by atoms with Gasteiger partial charge in [0.25, 0.3) is 0 Å². The van der Waals surface area contributed by atoms with Crippen molar-refractivity contribution in [1.29, 1.82) is 5.26 Å². The van der Waals surface area contributed by atoms with Crippen LogP contribution in [0.15, 0.2) is 67.0 Å². The van der Waals surface area contributed by atoms with Crippen molar-refractivity contribution in [2.75, 3.05) is 7.11 Å². The van der Waals surface area contributed by atoms with E-state index in [1.54, 1.807) is 68.6 Å². The minimum atomic E-state index is -4.88. The largest absolute Gasteiger partial charge is 0.496 e. The molecule has 186 valence electrons. The summed E-state index contributed by atoms with van der Waals surface area (Å²) >= 11 is 0. The highest BCUT2D eigenvalue weighted by Gasteiger charge is 2.56. The maximum Gasteiger partial charge on any atom is 0.417 e. The average molecular weight is 494 g/mol. The molecule has 0 bridgehead atoms. The number of hydrogen-bond donors (Lipinski definition) is 2. The monoisotopic (exact) mass is 493 g/mol. The second-order valence-electron chi connectivity index (χ2n) is 9.63. The van der Waals surface area contributed by atoms with Gasteiger partial charge in [0, 0.05) is 29.3 Å². The zero-order valence-electron chi connectivity index (χ0n) is 20.1. The van der Waals surface area contributed by atoms with Crippen molar-refractivity contribution >= 4 is 10.9 Å². The fraction of sp³-hybridized carbons (Fsp3) is 0.286. The van der Waals surface area contributed by atoms with E-state index in [0.717, 1.165) is 16.5 Å². The molecule has 36 heavy (non-hydrogen) atoms. The molecule has 2 N–H and O–H groups in total. The van der Waals surface area contributed by atoms with Gasteiger partial charge in [-0.15, -0.1) is 0 Å². The van der Waals surface area contributed by atoms with Crippen LogP contribution in [-0.2, 0) is 11.8 Å². The van der Waals surface area contributed by atoms with Gasteiger partial charge in [-0.25, -0.2) is 0 Å². The van der Waals surface area contributed by atoms with Crippen LogP contribution < -0.4 is 4.74 Å². The third kappa shape index (κ3) is 4.93. The topological polar surface area (TPSA) is 81.9 Å². The molecule has 0 aliphatic rings. The predicted molar refractivity (Wildman–Crippen MR) is 132 cm³/mol. The molecule has 4 rings (SSSR count). The molecule has 0 aliphatic heterocycles. The molecular formula is C28H26F3N3O2. The fourth-order valence-electron chi connectivity index (χ4n) is 4.72. The number of aromatic amines is 1. The summed E-state index contributed by atoms with van der Waals surface area (Å²) in [4.78, 5) is 6.93. The smallest absolute Gasteiger partial charge is 0.417 e. The molecule has 2 aromatic carbocycles. The van der Waals surface area contributed by atoms with Gasteiger partial charge in [0.1, 0.15) is 5.75 Å². The highest BCUT2D eigenvalue weighted by molar-refractivity contribution is 5.79. The molecule has 0 radical (unpaired) electrons. The van der Waals surface area contributed by atoms with Crippen molar-refractivity contribution in [3.63, 3.8) is 0 Å². The lowest BCUT2D eigenvalue weighted by atomic mass is 9.72. The minimum absolute atomic E-state index is 0.266. The van der Waals surface area contributed by atoms with Gasteiger partial charge < -0.3 is 14.8 Å². The molecule has 8 heteroatoms. The number of nitrogens with one attached hydrogen (secondary N) is 1. The first kappa shape index (κ1) is 25.3. The lowest BCUT2D eigenvalue weighted by molar-refractivity contribution is -0.266. The van der Waals surface area contributed by atoms with Crippen molar-refractivity contribution in [2.45, 2.75) is 43.9 Å². The second-order valence-corrected chi connectivity index (χ2v) is 9.63. The van der Waals surface area contributed by atoms with Crippen molar-refractivity contribution in [3.8, 4) is 22.9 Å². The summed E-state index contributed by atoms with van der Waals surface area (Å²) in [5.74, 6) is 0.418. The summed E-state index contributed by atoms with van der Waals surface area (Å²) in [5, 5.41) is 21.1. The van der Waals surface area contributed by atoms with Crippen molar-refractivity contribution in [2.24, 2.45) is 0 Å². The predicted octanol–water partition coefficient (Wildman–Crippen LogP) is 6.31. The molecule has 0 saturated heterocycles. The van der Waals surface area contributed by atoms with Crippen LogP contribution in [0.4, 0.5) is 13.2 Å². The molecule has 4 aromatic rings. The van der Waals surface area contributed by atoms with Gasteiger partial charge in [-0.2, -0.15) is 18.4 Å². The van der Waals surface area contributed by atoms with Crippen molar-refractivity contribution < 1.29 is 23.0 Å². The number of rotatable bonds is 7. The standard InChI is InChI=1S/C28H26F3N3O2/c1-26(2,23-13-20(7-8-25(23)36-3)19-6-4-5-18(11-19)15-32)17-27(35,28(29,30)31)14-22-12-21-9-10-33-16-24(21)34-22/h4-13,16,34-35H,14,17H2,1-3H3. The van der Waals surface area contributed by atoms with E-state index in [2.05, 4.69) is 16.0 Å². The first-order chi connectivity index (χ1) is 17.0. The third-order valence-electron chi connectivity index (χ3n) is 6.48. The van der Waals surface area contributed by atoms with Crippen LogP contribution in [0.25, 0.3) is 22.0 Å². The molecular weight excluding hydrogens is 467 g/mol. The highest BCUT2D eigenvalue weighted by atomic mass is 19.4. The Labute approximate surface area is 207 Å². The van der Waals surface area contributed by atoms with E-state index < -0.39 is 30.0 Å². The first-order valence-corrected chi connectivity index (χ1v) is 11.4. The van der Waals surface area contributed by atoms with Gasteiger partial charge in [-0.1, -0.05) is 32.0 Å². The van der Waals surface area contributed by atoms with Gasteiger partial charge >= 0.3 is 6.18 Å². The quantitative estimate of drug-likeness (QED) is 0.316. The van der Waals surface area contributed by atoms with Crippen LogP contribution in [0.5, 0.6) is 5.75 Å². The maximum absolute atomic E-state index is 14.4. The summed E-state index contributed by atoms with van der Waals surface area (Å²) in [5.41, 5.74) is -0.787. The number of ether oxygens (including phenoxy) is 1. The lowest BCUT2D eigenvalue weighted by Gasteiger charge is -2.38.